The highest BCUT2D eigenvalue weighted by Gasteiger charge is 2.20. The molecule has 0 spiro atoms. The molecule has 0 aliphatic heterocycles. The molecule has 0 bridgehead atoms. The molecule has 1 atom stereocenters. The predicted octanol–water partition coefficient (Wildman–Crippen LogP) is 0.935. The monoisotopic (exact) mass is 188 g/mol. The second kappa shape index (κ2) is 5.58. The number of hydrogen-bond donors (Lipinski definition) is 2. The summed E-state index contributed by atoms with van der Waals surface area (Å²) in [7, 11) is 0. The van der Waals surface area contributed by atoms with E-state index in [9.17, 15) is 0 Å². The minimum Gasteiger partial charge on any atom is -0.396 e. The van der Waals surface area contributed by atoms with Crippen LogP contribution in [0.5, 0.6) is 0 Å². The molecule has 1 rings (SSSR count). The minimum atomic E-state index is -0.365. The first kappa shape index (κ1) is 11.0. The molecule has 0 radical (unpaired) electrons. The van der Waals surface area contributed by atoms with E-state index in [1.165, 1.54) is 0 Å². The molecule has 1 aliphatic carbocycles. The van der Waals surface area contributed by atoms with Gasteiger partial charge in [-0.15, -0.1) is 0 Å². The summed E-state index contributed by atoms with van der Waals surface area (Å²) < 4.78 is 5.51. The zero-order valence-corrected chi connectivity index (χ0v) is 8.28. The van der Waals surface area contributed by atoms with Crippen LogP contribution in [0.1, 0.15) is 32.6 Å². The molecule has 0 aromatic carbocycles. The van der Waals surface area contributed by atoms with E-state index in [4.69, 9.17) is 14.9 Å². The van der Waals surface area contributed by atoms with Gasteiger partial charge in [0.1, 0.15) is 0 Å². The van der Waals surface area contributed by atoms with Crippen LogP contribution in [0.2, 0.25) is 0 Å². The fourth-order valence-electron chi connectivity index (χ4n) is 1.76. The van der Waals surface area contributed by atoms with Gasteiger partial charge in [0, 0.05) is 6.61 Å². The van der Waals surface area contributed by atoms with Crippen molar-refractivity contribution in [2.24, 2.45) is 5.92 Å². The van der Waals surface area contributed by atoms with E-state index in [1.54, 1.807) is 6.92 Å². The van der Waals surface area contributed by atoms with E-state index in [0.717, 1.165) is 25.7 Å². The molecule has 0 aromatic heterocycles. The smallest absolute Gasteiger partial charge is 0.0745 e. The summed E-state index contributed by atoms with van der Waals surface area (Å²) in [5, 5.41) is 17.9. The van der Waals surface area contributed by atoms with Crippen molar-refractivity contribution in [3.8, 4) is 0 Å². The van der Waals surface area contributed by atoms with Crippen LogP contribution >= 0.6 is 0 Å². The molecule has 0 aromatic rings. The van der Waals surface area contributed by atoms with E-state index in [-0.39, 0.29) is 6.10 Å². The van der Waals surface area contributed by atoms with Crippen LogP contribution in [0.3, 0.4) is 0 Å². The lowest BCUT2D eigenvalue weighted by Crippen LogP contribution is -2.26. The zero-order valence-electron chi connectivity index (χ0n) is 8.28. The largest absolute Gasteiger partial charge is 0.396 e. The van der Waals surface area contributed by atoms with Gasteiger partial charge in [0.15, 0.2) is 0 Å². The molecule has 1 fully saturated rings. The standard InChI is InChI=1S/C10H20O3/c1-8(12)7-13-10-4-2-9(6-11)3-5-10/h8-12H,2-7H2,1H3. The lowest BCUT2D eigenvalue weighted by Gasteiger charge is -2.27. The first-order chi connectivity index (χ1) is 6.22. The minimum absolute atomic E-state index is 0.303. The van der Waals surface area contributed by atoms with Crippen LogP contribution in [0.4, 0.5) is 0 Å². The molecule has 1 saturated carbocycles. The summed E-state index contributed by atoms with van der Waals surface area (Å²) in [6.07, 6.45) is 4.10. The summed E-state index contributed by atoms with van der Waals surface area (Å²) in [6, 6.07) is 0. The summed E-state index contributed by atoms with van der Waals surface area (Å²) in [4.78, 5) is 0. The second-order valence-corrected chi connectivity index (χ2v) is 4.01. The average Bonchev–Trinajstić information content (AvgIpc) is 2.15. The summed E-state index contributed by atoms with van der Waals surface area (Å²) in [6.45, 7) is 2.48. The molecule has 0 saturated heterocycles. The SMILES string of the molecule is CC(O)COC1CCC(CO)CC1. The highest BCUT2D eigenvalue weighted by atomic mass is 16.5. The number of ether oxygens (including phenoxy) is 1. The van der Waals surface area contributed by atoms with Gasteiger partial charge in [-0.1, -0.05) is 0 Å². The molecule has 78 valence electrons. The topological polar surface area (TPSA) is 49.7 Å². The highest BCUT2D eigenvalue weighted by Crippen LogP contribution is 2.25. The molecule has 1 unspecified atom stereocenters. The van der Waals surface area contributed by atoms with Crippen LogP contribution in [0, 0.1) is 5.92 Å². The third-order valence-corrected chi connectivity index (χ3v) is 2.63. The molecule has 0 heterocycles. The fourth-order valence-corrected chi connectivity index (χ4v) is 1.76. The molecule has 1 aliphatic rings. The lowest BCUT2D eigenvalue weighted by atomic mass is 9.88. The second-order valence-electron chi connectivity index (χ2n) is 4.01. The lowest BCUT2D eigenvalue weighted by molar-refractivity contribution is -0.0274. The van der Waals surface area contributed by atoms with Gasteiger partial charge in [-0.3, -0.25) is 0 Å². The Labute approximate surface area is 79.7 Å². The third-order valence-electron chi connectivity index (χ3n) is 2.63. The fraction of sp³-hybridized carbons (Fsp3) is 1.00. The third kappa shape index (κ3) is 4.07. The van der Waals surface area contributed by atoms with Crippen molar-refractivity contribution in [1.82, 2.24) is 0 Å². The van der Waals surface area contributed by atoms with Crippen LogP contribution < -0.4 is 0 Å². The number of aliphatic hydroxyl groups excluding tert-OH is 2. The number of hydrogen-bond acceptors (Lipinski definition) is 3. The van der Waals surface area contributed by atoms with E-state index in [1.807, 2.05) is 0 Å². The van der Waals surface area contributed by atoms with E-state index in [2.05, 4.69) is 0 Å². The van der Waals surface area contributed by atoms with E-state index < -0.39 is 0 Å². The Morgan fingerprint density at radius 2 is 1.92 bits per heavy atom. The van der Waals surface area contributed by atoms with Crippen LogP contribution in [-0.4, -0.2) is 35.6 Å². The van der Waals surface area contributed by atoms with Crippen LogP contribution in [0.15, 0.2) is 0 Å². The highest BCUT2D eigenvalue weighted by molar-refractivity contribution is 4.72. The van der Waals surface area contributed by atoms with Crippen molar-refractivity contribution in [2.75, 3.05) is 13.2 Å². The van der Waals surface area contributed by atoms with Crippen molar-refractivity contribution >= 4 is 0 Å². The van der Waals surface area contributed by atoms with Crippen molar-refractivity contribution in [3.63, 3.8) is 0 Å². The summed E-state index contributed by atoms with van der Waals surface area (Å²) in [5.41, 5.74) is 0. The first-order valence-corrected chi connectivity index (χ1v) is 5.13. The van der Waals surface area contributed by atoms with E-state index >= 15 is 0 Å². The van der Waals surface area contributed by atoms with Crippen LogP contribution in [0.25, 0.3) is 0 Å². The van der Waals surface area contributed by atoms with Gasteiger partial charge < -0.3 is 14.9 Å². The summed E-state index contributed by atoms with van der Waals surface area (Å²) in [5.74, 6) is 0.478. The first-order valence-electron chi connectivity index (χ1n) is 5.13. The molecule has 13 heavy (non-hydrogen) atoms. The molecule has 3 nitrogen and oxygen atoms in total. The Hall–Kier alpha value is -0.120. The van der Waals surface area contributed by atoms with Gasteiger partial charge in [0.25, 0.3) is 0 Å². The Bertz CT molecular complexity index is 128. The van der Waals surface area contributed by atoms with Gasteiger partial charge in [0.05, 0.1) is 18.8 Å². The quantitative estimate of drug-likeness (QED) is 0.690. The normalized spacial score (nSPS) is 31.6. The Kier molecular flexibility index (Phi) is 4.70. The van der Waals surface area contributed by atoms with Gasteiger partial charge >= 0.3 is 0 Å². The van der Waals surface area contributed by atoms with Gasteiger partial charge in [-0.05, 0) is 38.5 Å². The van der Waals surface area contributed by atoms with Crippen molar-refractivity contribution in [1.29, 1.82) is 0 Å². The maximum absolute atomic E-state index is 9.02. The number of aliphatic hydroxyl groups is 2. The molecular formula is C10H20O3. The van der Waals surface area contributed by atoms with E-state index in [0.29, 0.717) is 25.2 Å². The van der Waals surface area contributed by atoms with Gasteiger partial charge in [-0.25, -0.2) is 0 Å². The maximum atomic E-state index is 9.02. The van der Waals surface area contributed by atoms with Crippen molar-refractivity contribution in [2.45, 2.75) is 44.8 Å². The molecule has 2 N–H and O–H groups in total. The average molecular weight is 188 g/mol. The predicted molar refractivity (Wildman–Crippen MR) is 50.5 cm³/mol. The number of rotatable bonds is 4. The van der Waals surface area contributed by atoms with Crippen molar-refractivity contribution in [3.05, 3.63) is 0 Å². The summed E-state index contributed by atoms with van der Waals surface area (Å²) >= 11 is 0. The molecule has 0 amide bonds. The Morgan fingerprint density at radius 3 is 2.38 bits per heavy atom. The Morgan fingerprint density at radius 1 is 1.31 bits per heavy atom. The molecule has 3 heteroatoms. The van der Waals surface area contributed by atoms with Crippen LogP contribution in [-0.2, 0) is 4.74 Å². The maximum Gasteiger partial charge on any atom is 0.0745 e. The zero-order chi connectivity index (χ0) is 9.68. The molecular weight excluding hydrogens is 168 g/mol. The van der Waals surface area contributed by atoms with Crippen molar-refractivity contribution < 1.29 is 14.9 Å². The van der Waals surface area contributed by atoms with Gasteiger partial charge in [0.2, 0.25) is 0 Å². The van der Waals surface area contributed by atoms with Gasteiger partial charge in [-0.2, -0.15) is 0 Å². The Balaban J connectivity index is 2.10.